The second-order valence-corrected chi connectivity index (χ2v) is 7.28. The zero-order chi connectivity index (χ0) is 24.7. The minimum Gasteiger partial charge on any atom is -0.423 e. The first kappa shape index (κ1) is 24.2. The van der Waals surface area contributed by atoms with Crippen LogP contribution in [0.4, 0.5) is 0 Å². The first-order valence-electron chi connectivity index (χ1n) is 10.2. The van der Waals surface area contributed by atoms with Crippen molar-refractivity contribution >= 4 is 17.9 Å². The van der Waals surface area contributed by atoms with Crippen LogP contribution < -0.4 is 14.2 Å². The Kier molecular flexibility index (Phi) is 7.74. The quantitative estimate of drug-likeness (QED) is 0.301. The SMILES string of the molecule is C=C(C)C(=O)Oc1ccc(-c2ccc(OC(=O)c3ccc(OC(=O)C(=C)CO)cc3)cc2)cc1. The average molecular weight is 458 g/mol. The molecule has 0 saturated carbocycles. The Bertz CT molecular complexity index is 1220. The first-order chi connectivity index (χ1) is 16.3. The van der Waals surface area contributed by atoms with E-state index in [-0.39, 0.29) is 16.9 Å². The third-order valence-electron chi connectivity index (χ3n) is 4.59. The maximum atomic E-state index is 12.4. The first-order valence-corrected chi connectivity index (χ1v) is 10.2. The van der Waals surface area contributed by atoms with Gasteiger partial charge in [0.05, 0.1) is 17.7 Å². The summed E-state index contributed by atoms with van der Waals surface area (Å²) in [5.41, 5.74) is 2.28. The number of rotatable bonds is 8. The highest BCUT2D eigenvalue weighted by molar-refractivity contribution is 5.92. The summed E-state index contributed by atoms with van der Waals surface area (Å²) in [6, 6.07) is 19.7. The molecule has 1 N–H and O–H groups in total. The van der Waals surface area contributed by atoms with Gasteiger partial charge in [-0.15, -0.1) is 0 Å². The zero-order valence-corrected chi connectivity index (χ0v) is 18.4. The number of esters is 3. The maximum Gasteiger partial charge on any atom is 0.343 e. The van der Waals surface area contributed by atoms with E-state index >= 15 is 0 Å². The van der Waals surface area contributed by atoms with Gasteiger partial charge in [0, 0.05) is 5.57 Å². The monoisotopic (exact) mass is 458 g/mol. The molecule has 7 nitrogen and oxygen atoms in total. The molecule has 3 aromatic rings. The molecule has 7 heteroatoms. The lowest BCUT2D eigenvalue weighted by Gasteiger charge is -2.08. The van der Waals surface area contributed by atoms with Crippen molar-refractivity contribution in [2.75, 3.05) is 6.61 Å². The summed E-state index contributed by atoms with van der Waals surface area (Å²) in [4.78, 5) is 35.6. The number of carbonyl (C=O) groups excluding carboxylic acids is 3. The highest BCUT2D eigenvalue weighted by Crippen LogP contribution is 2.25. The molecule has 3 aromatic carbocycles. The Morgan fingerprint density at radius 1 is 0.676 bits per heavy atom. The van der Waals surface area contributed by atoms with E-state index in [4.69, 9.17) is 19.3 Å². The van der Waals surface area contributed by atoms with Crippen molar-refractivity contribution in [1.82, 2.24) is 0 Å². The van der Waals surface area contributed by atoms with Crippen molar-refractivity contribution in [1.29, 1.82) is 0 Å². The van der Waals surface area contributed by atoms with Crippen LogP contribution >= 0.6 is 0 Å². The summed E-state index contributed by atoms with van der Waals surface area (Å²) < 4.78 is 15.6. The molecule has 0 fully saturated rings. The van der Waals surface area contributed by atoms with Gasteiger partial charge < -0.3 is 19.3 Å². The van der Waals surface area contributed by atoms with E-state index in [0.29, 0.717) is 17.1 Å². The van der Waals surface area contributed by atoms with Crippen molar-refractivity contribution in [2.45, 2.75) is 6.92 Å². The number of aliphatic hydroxyl groups excluding tert-OH is 1. The van der Waals surface area contributed by atoms with E-state index in [9.17, 15) is 14.4 Å². The number of carbonyl (C=O) groups is 3. The van der Waals surface area contributed by atoms with Crippen LogP contribution in [-0.2, 0) is 9.59 Å². The summed E-state index contributed by atoms with van der Waals surface area (Å²) >= 11 is 0. The van der Waals surface area contributed by atoms with Gasteiger partial charge in [-0.25, -0.2) is 14.4 Å². The molecule has 172 valence electrons. The van der Waals surface area contributed by atoms with E-state index in [2.05, 4.69) is 13.2 Å². The van der Waals surface area contributed by atoms with Crippen LogP contribution in [0, 0.1) is 0 Å². The van der Waals surface area contributed by atoms with Gasteiger partial charge in [0.2, 0.25) is 0 Å². The molecular weight excluding hydrogens is 436 g/mol. The molecule has 0 unspecified atom stereocenters. The second-order valence-electron chi connectivity index (χ2n) is 7.28. The molecule has 0 aliphatic heterocycles. The molecule has 0 aliphatic carbocycles. The number of aliphatic hydroxyl groups is 1. The van der Waals surface area contributed by atoms with Crippen LogP contribution in [0.5, 0.6) is 17.2 Å². The normalized spacial score (nSPS) is 10.2. The standard InChI is InChI=1S/C27H22O7/c1-17(2)25(29)32-22-10-4-19(5-11-22)20-6-12-24(13-7-20)34-27(31)21-8-14-23(15-9-21)33-26(30)18(3)16-28/h4-15,28H,1,3,16H2,2H3. The highest BCUT2D eigenvalue weighted by atomic mass is 16.5. The lowest BCUT2D eigenvalue weighted by Crippen LogP contribution is -2.13. The fourth-order valence-corrected chi connectivity index (χ4v) is 2.69. The largest absolute Gasteiger partial charge is 0.423 e. The van der Waals surface area contributed by atoms with Crippen molar-refractivity contribution in [2.24, 2.45) is 0 Å². The third-order valence-corrected chi connectivity index (χ3v) is 4.59. The summed E-state index contributed by atoms with van der Waals surface area (Å²) in [6.07, 6.45) is 0. The fourth-order valence-electron chi connectivity index (χ4n) is 2.69. The average Bonchev–Trinajstić information content (AvgIpc) is 2.84. The van der Waals surface area contributed by atoms with Gasteiger partial charge in [-0.1, -0.05) is 37.4 Å². The maximum absolute atomic E-state index is 12.4. The molecule has 0 aromatic heterocycles. The van der Waals surface area contributed by atoms with Crippen LogP contribution in [0.15, 0.2) is 97.1 Å². The molecule has 0 atom stereocenters. The number of hydrogen-bond acceptors (Lipinski definition) is 7. The fraction of sp³-hybridized carbons (Fsp3) is 0.0741. The summed E-state index contributed by atoms with van der Waals surface area (Å²) in [5, 5.41) is 8.90. The lowest BCUT2D eigenvalue weighted by molar-refractivity contribution is -0.131. The molecule has 0 radical (unpaired) electrons. The number of hydrogen-bond donors (Lipinski definition) is 1. The Balaban J connectivity index is 1.60. The van der Waals surface area contributed by atoms with E-state index in [1.54, 1.807) is 43.3 Å². The molecule has 0 bridgehead atoms. The Labute approximate surface area is 196 Å². The van der Waals surface area contributed by atoms with Crippen molar-refractivity contribution in [3.63, 3.8) is 0 Å². The van der Waals surface area contributed by atoms with Crippen LogP contribution in [0.3, 0.4) is 0 Å². The van der Waals surface area contributed by atoms with E-state index in [0.717, 1.165) is 11.1 Å². The van der Waals surface area contributed by atoms with Crippen molar-refractivity contribution in [3.05, 3.63) is 103 Å². The molecule has 34 heavy (non-hydrogen) atoms. The summed E-state index contributed by atoms with van der Waals surface area (Å²) in [7, 11) is 0. The number of ether oxygens (including phenoxy) is 3. The predicted molar refractivity (Wildman–Crippen MR) is 126 cm³/mol. The minimum absolute atomic E-state index is 0.0749. The van der Waals surface area contributed by atoms with Crippen molar-refractivity contribution < 1.29 is 33.7 Å². The van der Waals surface area contributed by atoms with Gasteiger partial charge in [-0.3, -0.25) is 0 Å². The third kappa shape index (κ3) is 6.27. The Morgan fingerprint density at radius 3 is 1.53 bits per heavy atom. The van der Waals surface area contributed by atoms with Crippen LogP contribution in [0.2, 0.25) is 0 Å². The van der Waals surface area contributed by atoms with Crippen LogP contribution in [0.25, 0.3) is 11.1 Å². The number of benzene rings is 3. The van der Waals surface area contributed by atoms with Crippen LogP contribution in [-0.4, -0.2) is 29.6 Å². The van der Waals surface area contributed by atoms with Crippen molar-refractivity contribution in [3.8, 4) is 28.4 Å². The molecule has 0 saturated heterocycles. The summed E-state index contributed by atoms with van der Waals surface area (Å²) in [6.45, 7) is 8.01. The van der Waals surface area contributed by atoms with Gasteiger partial charge in [0.1, 0.15) is 17.2 Å². The van der Waals surface area contributed by atoms with Gasteiger partial charge in [-0.2, -0.15) is 0 Å². The minimum atomic E-state index is -0.750. The second kappa shape index (κ2) is 10.9. The highest BCUT2D eigenvalue weighted by Gasteiger charge is 2.12. The molecule has 3 rings (SSSR count). The predicted octanol–water partition coefficient (Wildman–Crippen LogP) is 4.51. The van der Waals surface area contributed by atoms with Gasteiger partial charge in [-0.05, 0) is 66.6 Å². The Morgan fingerprint density at radius 2 is 1.09 bits per heavy atom. The lowest BCUT2D eigenvalue weighted by atomic mass is 10.1. The Hall–Kier alpha value is -4.49. The van der Waals surface area contributed by atoms with Gasteiger partial charge in [0.25, 0.3) is 0 Å². The smallest absolute Gasteiger partial charge is 0.343 e. The molecule has 0 spiro atoms. The topological polar surface area (TPSA) is 99.1 Å². The summed E-state index contributed by atoms with van der Waals surface area (Å²) in [5.74, 6) is -0.825. The molecule has 0 aliphatic rings. The van der Waals surface area contributed by atoms with E-state index in [1.807, 2.05) is 12.1 Å². The molecule has 0 heterocycles. The van der Waals surface area contributed by atoms with Crippen LogP contribution in [0.1, 0.15) is 17.3 Å². The van der Waals surface area contributed by atoms with Gasteiger partial charge in [0.15, 0.2) is 0 Å². The molecular formula is C27H22O7. The van der Waals surface area contributed by atoms with E-state index < -0.39 is 24.5 Å². The van der Waals surface area contributed by atoms with Gasteiger partial charge >= 0.3 is 17.9 Å². The molecule has 0 amide bonds. The van der Waals surface area contributed by atoms with E-state index in [1.165, 1.54) is 24.3 Å². The zero-order valence-electron chi connectivity index (χ0n) is 18.4.